The summed E-state index contributed by atoms with van der Waals surface area (Å²) in [5.41, 5.74) is 1.11. The van der Waals surface area contributed by atoms with E-state index in [1.54, 1.807) is 55.6 Å². The van der Waals surface area contributed by atoms with Gasteiger partial charge in [0, 0.05) is 30.3 Å². The summed E-state index contributed by atoms with van der Waals surface area (Å²) in [6, 6.07) is 13.5. The van der Waals surface area contributed by atoms with Crippen molar-refractivity contribution in [3.63, 3.8) is 0 Å². The van der Waals surface area contributed by atoms with E-state index in [-0.39, 0.29) is 24.5 Å². The van der Waals surface area contributed by atoms with Crippen LogP contribution in [0.5, 0.6) is 11.5 Å². The Labute approximate surface area is 185 Å². The van der Waals surface area contributed by atoms with E-state index in [4.69, 9.17) is 9.47 Å². The van der Waals surface area contributed by atoms with Gasteiger partial charge in [0.25, 0.3) is 11.8 Å². The first-order chi connectivity index (χ1) is 15.5. The van der Waals surface area contributed by atoms with Gasteiger partial charge < -0.3 is 24.7 Å². The number of nitrogens with zero attached hydrogens (tertiary/aromatic N) is 3. The molecule has 4 rings (SSSR count). The zero-order chi connectivity index (χ0) is 22.5. The normalized spacial score (nSPS) is 13.2. The molecule has 0 spiro atoms. The van der Waals surface area contributed by atoms with Gasteiger partial charge in [0.05, 0.1) is 13.2 Å². The standard InChI is InChI=1S/C23H25N5O4/c1-15(22-27-26-20-7-4-12-28(20)22)24-23(30)16-8-10-18(11-9-16)32-14-21(29)25-17-5-3-6-19(13-17)31-2/h3,5-6,8-11,13,15H,4,7,12,14H2,1-2H3,(H,24,30)(H,25,29)/t15-/m0/s1. The number of aryl methyl sites for hydroxylation is 1. The molecule has 0 bridgehead atoms. The number of benzene rings is 2. The fourth-order valence-electron chi connectivity index (χ4n) is 3.59. The van der Waals surface area contributed by atoms with Gasteiger partial charge in [0.1, 0.15) is 17.3 Å². The molecule has 2 heterocycles. The summed E-state index contributed by atoms with van der Waals surface area (Å²) < 4.78 is 12.7. The monoisotopic (exact) mass is 435 g/mol. The lowest BCUT2D eigenvalue weighted by Crippen LogP contribution is -2.28. The van der Waals surface area contributed by atoms with Gasteiger partial charge in [0.15, 0.2) is 12.4 Å². The highest BCUT2D eigenvalue weighted by molar-refractivity contribution is 5.94. The molecule has 0 saturated heterocycles. The molecule has 3 aromatic rings. The number of carbonyl (C=O) groups excluding carboxylic acids is 2. The number of carbonyl (C=O) groups is 2. The van der Waals surface area contributed by atoms with Crippen LogP contribution >= 0.6 is 0 Å². The second-order valence-corrected chi connectivity index (χ2v) is 7.52. The van der Waals surface area contributed by atoms with Gasteiger partial charge in [-0.3, -0.25) is 9.59 Å². The average molecular weight is 435 g/mol. The Balaban J connectivity index is 1.28. The first-order valence-corrected chi connectivity index (χ1v) is 10.4. The fourth-order valence-corrected chi connectivity index (χ4v) is 3.59. The topological polar surface area (TPSA) is 107 Å². The van der Waals surface area contributed by atoms with Gasteiger partial charge in [-0.15, -0.1) is 10.2 Å². The lowest BCUT2D eigenvalue weighted by atomic mass is 10.2. The molecule has 9 heteroatoms. The van der Waals surface area contributed by atoms with Crippen molar-refractivity contribution in [1.82, 2.24) is 20.1 Å². The predicted molar refractivity (Wildman–Crippen MR) is 118 cm³/mol. The number of rotatable bonds is 8. The summed E-state index contributed by atoms with van der Waals surface area (Å²) in [5, 5.41) is 14.1. The second kappa shape index (κ2) is 9.51. The lowest BCUT2D eigenvalue weighted by Gasteiger charge is -2.14. The maximum Gasteiger partial charge on any atom is 0.262 e. The number of fused-ring (bicyclic) bond motifs is 1. The van der Waals surface area contributed by atoms with Crippen LogP contribution in [0.25, 0.3) is 0 Å². The number of methoxy groups -OCH3 is 1. The van der Waals surface area contributed by atoms with Crippen LogP contribution in [0.1, 0.15) is 41.4 Å². The highest BCUT2D eigenvalue weighted by Crippen LogP contribution is 2.20. The molecule has 9 nitrogen and oxygen atoms in total. The summed E-state index contributed by atoms with van der Waals surface area (Å²) in [5.74, 6) is 2.38. The van der Waals surface area contributed by atoms with E-state index in [1.165, 1.54) is 0 Å². The van der Waals surface area contributed by atoms with Crippen LogP contribution in [-0.2, 0) is 17.8 Å². The van der Waals surface area contributed by atoms with Gasteiger partial charge >= 0.3 is 0 Å². The van der Waals surface area contributed by atoms with Crippen LogP contribution in [0.15, 0.2) is 48.5 Å². The van der Waals surface area contributed by atoms with E-state index < -0.39 is 0 Å². The van der Waals surface area contributed by atoms with Crippen LogP contribution in [0.3, 0.4) is 0 Å². The van der Waals surface area contributed by atoms with Crippen molar-refractivity contribution in [2.24, 2.45) is 0 Å². The fraction of sp³-hybridized carbons (Fsp3) is 0.304. The first-order valence-electron chi connectivity index (χ1n) is 10.4. The minimum Gasteiger partial charge on any atom is -0.497 e. The highest BCUT2D eigenvalue weighted by Gasteiger charge is 2.22. The zero-order valence-electron chi connectivity index (χ0n) is 18.0. The third-order valence-electron chi connectivity index (χ3n) is 5.21. The zero-order valence-corrected chi connectivity index (χ0v) is 18.0. The average Bonchev–Trinajstić information content (AvgIpc) is 3.42. The SMILES string of the molecule is COc1cccc(NC(=O)COc2ccc(C(=O)N[C@@H](C)c3nnc4n3CCC4)cc2)c1. The highest BCUT2D eigenvalue weighted by atomic mass is 16.5. The molecule has 0 radical (unpaired) electrons. The van der Waals surface area contributed by atoms with Crippen molar-refractivity contribution < 1.29 is 19.1 Å². The maximum absolute atomic E-state index is 12.6. The lowest BCUT2D eigenvalue weighted by molar-refractivity contribution is -0.118. The van der Waals surface area contributed by atoms with Crippen LogP contribution in [0, 0.1) is 0 Å². The van der Waals surface area contributed by atoms with Crippen LogP contribution in [0.4, 0.5) is 5.69 Å². The minimum absolute atomic E-state index is 0.155. The Morgan fingerprint density at radius 2 is 1.94 bits per heavy atom. The van der Waals surface area contributed by atoms with E-state index in [2.05, 4.69) is 25.4 Å². The number of anilines is 1. The molecule has 2 aromatic carbocycles. The Bertz CT molecular complexity index is 1110. The Hall–Kier alpha value is -3.88. The molecule has 0 fully saturated rings. The number of aromatic nitrogens is 3. The molecule has 32 heavy (non-hydrogen) atoms. The van der Waals surface area contributed by atoms with Crippen molar-refractivity contribution in [1.29, 1.82) is 0 Å². The third kappa shape index (κ3) is 4.88. The van der Waals surface area contributed by atoms with Gasteiger partial charge in [-0.2, -0.15) is 0 Å². The molecule has 2 amide bonds. The van der Waals surface area contributed by atoms with Gasteiger partial charge in [0.2, 0.25) is 0 Å². The molecule has 0 saturated carbocycles. The summed E-state index contributed by atoms with van der Waals surface area (Å²) >= 11 is 0. The number of nitrogens with one attached hydrogen (secondary N) is 2. The van der Waals surface area contributed by atoms with Gasteiger partial charge in [-0.05, 0) is 49.7 Å². The summed E-state index contributed by atoms with van der Waals surface area (Å²) in [6.07, 6.45) is 1.98. The smallest absolute Gasteiger partial charge is 0.262 e. The molecular weight excluding hydrogens is 410 g/mol. The van der Waals surface area contributed by atoms with Gasteiger partial charge in [-0.1, -0.05) is 6.07 Å². The Morgan fingerprint density at radius 1 is 1.12 bits per heavy atom. The molecule has 0 aliphatic carbocycles. The third-order valence-corrected chi connectivity index (χ3v) is 5.21. The molecule has 1 aliphatic heterocycles. The van der Waals surface area contributed by atoms with Crippen molar-refractivity contribution in [2.45, 2.75) is 32.4 Å². The molecule has 1 aliphatic rings. The van der Waals surface area contributed by atoms with Crippen molar-refractivity contribution in [2.75, 3.05) is 19.0 Å². The minimum atomic E-state index is -0.297. The molecule has 2 N–H and O–H groups in total. The number of amides is 2. The van der Waals surface area contributed by atoms with Gasteiger partial charge in [-0.25, -0.2) is 0 Å². The van der Waals surface area contributed by atoms with E-state index in [1.807, 2.05) is 6.92 Å². The van der Waals surface area contributed by atoms with E-state index in [0.29, 0.717) is 22.7 Å². The number of hydrogen-bond acceptors (Lipinski definition) is 6. The predicted octanol–water partition coefficient (Wildman–Crippen LogP) is 2.74. The van der Waals surface area contributed by atoms with E-state index in [0.717, 1.165) is 31.0 Å². The molecule has 0 unspecified atom stereocenters. The summed E-state index contributed by atoms with van der Waals surface area (Å²) in [6.45, 7) is 2.62. The number of ether oxygens (including phenoxy) is 2. The number of hydrogen-bond donors (Lipinski definition) is 2. The van der Waals surface area contributed by atoms with Crippen molar-refractivity contribution in [3.05, 3.63) is 65.7 Å². The van der Waals surface area contributed by atoms with Crippen LogP contribution in [-0.4, -0.2) is 40.3 Å². The molecule has 1 aromatic heterocycles. The largest absolute Gasteiger partial charge is 0.497 e. The molecule has 166 valence electrons. The Morgan fingerprint density at radius 3 is 2.72 bits per heavy atom. The first kappa shape index (κ1) is 21.4. The van der Waals surface area contributed by atoms with Crippen molar-refractivity contribution in [3.8, 4) is 11.5 Å². The second-order valence-electron chi connectivity index (χ2n) is 7.52. The van der Waals surface area contributed by atoms with Crippen molar-refractivity contribution >= 4 is 17.5 Å². The molecule has 1 atom stereocenters. The maximum atomic E-state index is 12.6. The summed E-state index contributed by atoms with van der Waals surface area (Å²) in [7, 11) is 1.56. The summed E-state index contributed by atoms with van der Waals surface area (Å²) in [4.78, 5) is 24.7. The van der Waals surface area contributed by atoms with Crippen LogP contribution < -0.4 is 20.1 Å². The van der Waals surface area contributed by atoms with E-state index >= 15 is 0 Å². The quantitative estimate of drug-likeness (QED) is 0.563. The van der Waals surface area contributed by atoms with Crippen LogP contribution in [0.2, 0.25) is 0 Å². The van der Waals surface area contributed by atoms with E-state index in [9.17, 15) is 9.59 Å². The Kier molecular flexibility index (Phi) is 6.34. The molecular formula is C23H25N5O4.